The molecule has 0 aliphatic carbocycles. The third-order valence-corrected chi connectivity index (χ3v) is 11.7. The zero-order chi connectivity index (χ0) is 51.4. The molecular formula is C65H104O6. The molecule has 71 heavy (non-hydrogen) atoms. The number of esters is 3. The van der Waals surface area contributed by atoms with Crippen LogP contribution in [0.2, 0.25) is 0 Å². The van der Waals surface area contributed by atoms with Crippen LogP contribution in [0.4, 0.5) is 0 Å². The van der Waals surface area contributed by atoms with Gasteiger partial charge in [0.15, 0.2) is 6.10 Å². The maximum atomic E-state index is 12.8. The fourth-order valence-corrected chi connectivity index (χ4v) is 7.41. The van der Waals surface area contributed by atoms with Crippen LogP contribution in [0.25, 0.3) is 0 Å². The van der Waals surface area contributed by atoms with Gasteiger partial charge in [0.05, 0.1) is 0 Å². The average Bonchev–Trinajstić information content (AvgIpc) is 3.37. The molecule has 0 aromatic heterocycles. The summed E-state index contributed by atoms with van der Waals surface area (Å²) in [7, 11) is 0. The largest absolute Gasteiger partial charge is 0.462 e. The van der Waals surface area contributed by atoms with E-state index in [1.165, 1.54) is 38.5 Å². The van der Waals surface area contributed by atoms with Gasteiger partial charge in [-0.25, -0.2) is 0 Å². The molecule has 0 aromatic carbocycles. The maximum Gasteiger partial charge on any atom is 0.306 e. The van der Waals surface area contributed by atoms with Crippen molar-refractivity contribution in [3.63, 3.8) is 0 Å². The van der Waals surface area contributed by atoms with Gasteiger partial charge in [-0.15, -0.1) is 0 Å². The molecular weight excluding hydrogens is 877 g/mol. The van der Waals surface area contributed by atoms with E-state index in [-0.39, 0.29) is 31.1 Å². The first kappa shape index (κ1) is 66.6. The van der Waals surface area contributed by atoms with Gasteiger partial charge >= 0.3 is 17.9 Å². The summed E-state index contributed by atoms with van der Waals surface area (Å²) >= 11 is 0. The number of allylic oxidation sites excluding steroid dienone is 22. The zero-order valence-electron chi connectivity index (χ0n) is 45.7. The van der Waals surface area contributed by atoms with Crippen molar-refractivity contribution in [1.29, 1.82) is 0 Å². The molecule has 1 unspecified atom stereocenters. The summed E-state index contributed by atoms with van der Waals surface area (Å²) in [6, 6.07) is 0. The molecule has 0 saturated heterocycles. The van der Waals surface area contributed by atoms with E-state index in [0.717, 1.165) is 161 Å². The Morgan fingerprint density at radius 3 is 0.859 bits per heavy atom. The third-order valence-electron chi connectivity index (χ3n) is 11.7. The molecule has 0 rings (SSSR count). The fraction of sp³-hybridized carbons (Fsp3) is 0.615. The van der Waals surface area contributed by atoms with Gasteiger partial charge in [0, 0.05) is 19.3 Å². The van der Waals surface area contributed by atoms with Gasteiger partial charge in [0.25, 0.3) is 0 Å². The predicted molar refractivity (Wildman–Crippen MR) is 306 cm³/mol. The molecule has 400 valence electrons. The Morgan fingerprint density at radius 2 is 0.549 bits per heavy atom. The van der Waals surface area contributed by atoms with E-state index in [1.54, 1.807) is 0 Å². The summed E-state index contributed by atoms with van der Waals surface area (Å²) < 4.78 is 16.8. The summed E-state index contributed by atoms with van der Waals surface area (Å²) in [6.07, 6.45) is 81.6. The molecule has 0 aliphatic rings. The lowest BCUT2D eigenvalue weighted by Gasteiger charge is -2.18. The minimum absolute atomic E-state index is 0.0975. The highest BCUT2D eigenvalue weighted by Crippen LogP contribution is 2.14. The highest BCUT2D eigenvalue weighted by Gasteiger charge is 2.19. The number of hydrogen-bond acceptors (Lipinski definition) is 6. The van der Waals surface area contributed by atoms with E-state index in [2.05, 4.69) is 154 Å². The molecule has 6 heteroatoms. The van der Waals surface area contributed by atoms with Crippen LogP contribution in [-0.4, -0.2) is 37.2 Å². The van der Waals surface area contributed by atoms with Gasteiger partial charge in [-0.1, -0.05) is 238 Å². The number of unbranched alkanes of at least 4 members (excludes halogenated alkanes) is 17. The van der Waals surface area contributed by atoms with E-state index in [0.29, 0.717) is 19.3 Å². The van der Waals surface area contributed by atoms with Gasteiger partial charge in [-0.3, -0.25) is 14.4 Å². The lowest BCUT2D eigenvalue weighted by molar-refractivity contribution is -0.167. The van der Waals surface area contributed by atoms with Crippen LogP contribution in [0.3, 0.4) is 0 Å². The number of carbonyl (C=O) groups excluding carboxylic acids is 3. The molecule has 0 bridgehead atoms. The van der Waals surface area contributed by atoms with Crippen molar-refractivity contribution in [1.82, 2.24) is 0 Å². The van der Waals surface area contributed by atoms with Crippen molar-refractivity contribution < 1.29 is 28.6 Å². The molecule has 0 amide bonds. The smallest absolute Gasteiger partial charge is 0.306 e. The normalized spacial score (nSPS) is 13.1. The Hall–Kier alpha value is -4.45. The van der Waals surface area contributed by atoms with E-state index < -0.39 is 6.10 Å². The maximum absolute atomic E-state index is 12.8. The molecule has 0 radical (unpaired) electrons. The lowest BCUT2D eigenvalue weighted by Crippen LogP contribution is -2.30. The van der Waals surface area contributed by atoms with Gasteiger partial charge in [0.1, 0.15) is 13.2 Å². The van der Waals surface area contributed by atoms with E-state index >= 15 is 0 Å². The first-order chi connectivity index (χ1) is 35.0. The fourth-order valence-electron chi connectivity index (χ4n) is 7.41. The summed E-state index contributed by atoms with van der Waals surface area (Å²) in [5.41, 5.74) is 0. The summed E-state index contributed by atoms with van der Waals surface area (Å²) in [4.78, 5) is 38.1. The highest BCUT2D eigenvalue weighted by atomic mass is 16.6. The Morgan fingerprint density at radius 1 is 0.296 bits per heavy atom. The van der Waals surface area contributed by atoms with Crippen LogP contribution in [0.15, 0.2) is 134 Å². The quantitative estimate of drug-likeness (QED) is 0.0262. The average molecular weight is 982 g/mol. The standard InChI is InChI=1S/C65H104O6/c1-4-7-10-13-16-19-21-23-25-27-29-31-32-34-35-37-39-41-43-46-49-52-55-58-64(67)70-61-62(60-69-63(66)57-54-51-48-45-18-15-12-9-6-3)71-65(68)59-56-53-50-47-44-42-40-38-36-33-30-28-26-24-22-20-17-14-11-8-5-2/h7-8,10-11,16-17,19-20,23-26,29-31,33-35,38-41,62H,4-6,9,12-15,18,21-22,27-28,32,36-37,42-61H2,1-3H3/b10-7-,11-8-,19-16-,20-17-,25-23-,26-24-,31-29-,33-30-,35-34-,40-38-,41-39-. The number of ether oxygens (including phenoxy) is 3. The summed E-state index contributed by atoms with van der Waals surface area (Å²) in [5, 5.41) is 0. The van der Waals surface area contributed by atoms with Gasteiger partial charge < -0.3 is 14.2 Å². The van der Waals surface area contributed by atoms with Gasteiger partial charge in [-0.2, -0.15) is 0 Å². The summed E-state index contributed by atoms with van der Waals surface area (Å²) in [5.74, 6) is -0.950. The number of rotatable bonds is 50. The molecule has 0 aliphatic heterocycles. The molecule has 1 atom stereocenters. The second kappa shape index (κ2) is 58.1. The summed E-state index contributed by atoms with van der Waals surface area (Å²) in [6.45, 7) is 6.34. The topological polar surface area (TPSA) is 78.9 Å². The van der Waals surface area contributed by atoms with Crippen LogP contribution in [0, 0.1) is 0 Å². The Balaban J connectivity index is 4.40. The van der Waals surface area contributed by atoms with Gasteiger partial charge in [0.2, 0.25) is 0 Å². The van der Waals surface area contributed by atoms with Crippen molar-refractivity contribution in [3.8, 4) is 0 Å². The molecule has 0 saturated carbocycles. The second-order valence-electron chi connectivity index (χ2n) is 18.4. The van der Waals surface area contributed by atoms with Crippen LogP contribution in [0.1, 0.15) is 239 Å². The van der Waals surface area contributed by atoms with Gasteiger partial charge in [-0.05, 0) is 116 Å². The molecule has 0 spiro atoms. The predicted octanol–water partition coefficient (Wildman–Crippen LogP) is 19.4. The molecule has 0 N–H and O–H groups in total. The molecule has 6 nitrogen and oxygen atoms in total. The Kier molecular flexibility index (Phi) is 54.5. The van der Waals surface area contributed by atoms with Crippen molar-refractivity contribution in [2.45, 2.75) is 245 Å². The van der Waals surface area contributed by atoms with Crippen LogP contribution in [-0.2, 0) is 28.6 Å². The first-order valence-corrected chi connectivity index (χ1v) is 28.7. The second-order valence-corrected chi connectivity index (χ2v) is 18.4. The van der Waals surface area contributed by atoms with Crippen LogP contribution in [0.5, 0.6) is 0 Å². The lowest BCUT2D eigenvalue weighted by atomic mass is 10.1. The monoisotopic (exact) mass is 981 g/mol. The van der Waals surface area contributed by atoms with E-state index in [4.69, 9.17) is 14.2 Å². The minimum Gasteiger partial charge on any atom is -0.462 e. The van der Waals surface area contributed by atoms with Crippen molar-refractivity contribution >= 4 is 17.9 Å². The Labute approximate surface area is 436 Å². The zero-order valence-corrected chi connectivity index (χ0v) is 45.7. The molecule has 0 aromatic rings. The van der Waals surface area contributed by atoms with E-state index in [1.807, 2.05) is 0 Å². The van der Waals surface area contributed by atoms with Crippen molar-refractivity contribution in [3.05, 3.63) is 134 Å². The van der Waals surface area contributed by atoms with Crippen LogP contribution >= 0.6 is 0 Å². The minimum atomic E-state index is -0.802. The highest BCUT2D eigenvalue weighted by molar-refractivity contribution is 5.71. The third kappa shape index (κ3) is 56.3. The Bertz CT molecular complexity index is 1550. The number of carbonyl (C=O) groups is 3. The molecule has 0 heterocycles. The number of hydrogen-bond donors (Lipinski definition) is 0. The van der Waals surface area contributed by atoms with Crippen LogP contribution < -0.4 is 0 Å². The van der Waals surface area contributed by atoms with Crippen molar-refractivity contribution in [2.24, 2.45) is 0 Å². The molecule has 0 fully saturated rings. The SMILES string of the molecule is CC/C=C\C/C=C\C/C=C\C/C=C\C/C=C\C/C=C\CCCCCCC(=O)OCC(COC(=O)CCCCCCCCCCC)OC(=O)CCCCCCC/C=C\C/C=C\C/C=C\C/C=C\C/C=C\CC. The van der Waals surface area contributed by atoms with Crippen molar-refractivity contribution in [2.75, 3.05) is 13.2 Å². The first-order valence-electron chi connectivity index (χ1n) is 28.7. The van der Waals surface area contributed by atoms with E-state index in [9.17, 15) is 14.4 Å².